The second-order valence-corrected chi connectivity index (χ2v) is 6.47. The molecule has 0 spiro atoms. The Morgan fingerprint density at radius 2 is 0.833 bits per heavy atom. The standard InChI is InChI=1S/C26H16N2O2/c27-17-19-9-13-21(14-10-19)29-25-7-3-1-5-23(25)24-6-2-4-8-26(24)30-22-15-11-20(18-28)12-16-22/h1-16H. The first-order valence-corrected chi connectivity index (χ1v) is 9.31. The molecule has 0 saturated carbocycles. The van der Waals surface area contributed by atoms with Gasteiger partial charge in [0, 0.05) is 11.1 Å². The first-order chi connectivity index (χ1) is 14.8. The Morgan fingerprint density at radius 3 is 1.20 bits per heavy atom. The summed E-state index contributed by atoms with van der Waals surface area (Å²) >= 11 is 0. The lowest BCUT2D eigenvalue weighted by Gasteiger charge is -2.15. The summed E-state index contributed by atoms with van der Waals surface area (Å²) in [7, 11) is 0. The van der Waals surface area contributed by atoms with Gasteiger partial charge in [-0.25, -0.2) is 0 Å². The Bertz CT molecular complexity index is 1150. The van der Waals surface area contributed by atoms with Crippen LogP contribution in [0.2, 0.25) is 0 Å². The van der Waals surface area contributed by atoms with Crippen LogP contribution >= 0.6 is 0 Å². The Morgan fingerprint density at radius 1 is 0.467 bits per heavy atom. The van der Waals surface area contributed by atoms with E-state index in [0.717, 1.165) is 11.1 Å². The van der Waals surface area contributed by atoms with Crippen LogP contribution in [0.1, 0.15) is 11.1 Å². The van der Waals surface area contributed by atoms with Crippen LogP contribution in [-0.2, 0) is 0 Å². The highest BCUT2D eigenvalue weighted by molar-refractivity contribution is 5.76. The lowest BCUT2D eigenvalue weighted by atomic mass is 10.0. The molecule has 0 saturated heterocycles. The van der Waals surface area contributed by atoms with Crippen LogP contribution in [0.25, 0.3) is 11.1 Å². The van der Waals surface area contributed by atoms with E-state index in [9.17, 15) is 0 Å². The molecule has 0 aromatic heterocycles. The normalized spacial score (nSPS) is 9.93. The molecule has 0 aliphatic heterocycles. The average Bonchev–Trinajstić information content (AvgIpc) is 2.81. The van der Waals surface area contributed by atoms with E-state index < -0.39 is 0 Å². The van der Waals surface area contributed by atoms with Gasteiger partial charge in [0.2, 0.25) is 0 Å². The molecular formula is C26H16N2O2. The zero-order chi connectivity index (χ0) is 20.8. The van der Waals surface area contributed by atoms with Crippen molar-refractivity contribution in [2.45, 2.75) is 0 Å². The average molecular weight is 388 g/mol. The highest BCUT2D eigenvalue weighted by atomic mass is 16.5. The van der Waals surface area contributed by atoms with Crippen LogP contribution in [0.3, 0.4) is 0 Å². The molecule has 4 aromatic carbocycles. The fourth-order valence-corrected chi connectivity index (χ4v) is 3.01. The van der Waals surface area contributed by atoms with Gasteiger partial charge in [0.1, 0.15) is 23.0 Å². The third-order valence-corrected chi connectivity index (χ3v) is 4.49. The molecule has 0 amide bonds. The van der Waals surface area contributed by atoms with Crippen molar-refractivity contribution < 1.29 is 9.47 Å². The molecule has 4 nitrogen and oxygen atoms in total. The predicted molar refractivity (Wildman–Crippen MR) is 114 cm³/mol. The second kappa shape index (κ2) is 8.65. The van der Waals surface area contributed by atoms with E-state index in [1.165, 1.54) is 0 Å². The van der Waals surface area contributed by atoms with Crippen molar-refractivity contribution in [1.29, 1.82) is 10.5 Å². The van der Waals surface area contributed by atoms with Crippen LogP contribution in [0.4, 0.5) is 0 Å². The van der Waals surface area contributed by atoms with Gasteiger partial charge >= 0.3 is 0 Å². The molecule has 30 heavy (non-hydrogen) atoms. The number of para-hydroxylation sites is 2. The molecule has 0 N–H and O–H groups in total. The predicted octanol–water partition coefficient (Wildman–Crippen LogP) is 6.68. The Hall–Kier alpha value is -4.54. The highest BCUT2D eigenvalue weighted by Gasteiger charge is 2.13. The van der Waals surface area contributed by atoms with E-state index in [-0.39, 0.29) is 0 Å². The van der Waals surface area contributed by atoms with Crippen molar-refractivity contribution in [1.82, 2.24) is 0 Å². The van der Waals surface area contributed by atoms with Crippen molar-refractivity contribution >= 4 is 0 Å². The van der Waals surface area contributed by atoms with Gasteiger partial charge in [0.15, 0.2) is 0 Å². The largest absolute Gasteiger partial charge is 0.457 e. The van der Waals surface area contributed by atoms with Crippen molar-refractivity contribution in [3.63, 3.8) is 0 Å². The fraction of sp³-hybridized carbons (Fsp3) is 0. The van der Waals surface area contributed by atoms with Gasteiger partial charge in [-0.05, 0) is 60.7 Å². The van der Waals surface area contributed by atoms with Crippen molar-refractivity contribution in [2.75, 3.05) is 0 Å². The van der Waals surface area contributed by atoms with E-state index in [4.69, 9.17) is 20.0 Å². The molecule has 0 fully saturated rings. The van der Waals surface area contributed by atoms with Gasteiger partial charge in [-0.15, -0.1) is 0 Å². The number of nitrogens with zero attached hydrogens (tertiary/aromatic N) is 2. The molecule has 0 atom stereocenters. The van der Waals surface area contributed by atoms with E-state index in [1.807, 2.05) is 48.5 Å². The maximum absolute atomic E-state index is 8.97. The summed E-state index contributed by atoms with van der Waals surface area (Å²) in [6.45, 7) is 0. The summed E-state index contributed by atoms with van der Waals surface area (Å²) in [6, 6.07) is 33.6. The maximum Gasteiger partial charge on any atom is 0.135 e. The highest BCUT2D eigenvalue weighted by Crippen LogP contribution is 2.39. The lowest BCUT2D eigenvalue weighted by Crippen LogP contribution is -1.92. The lowest BCUT2D eigenvalue weighted by molar-refractivity contribution is 0.477. The summed E-state index contributed by atoms with van der Waals surface area (Å²) < 4.78 is 12.2. The first-order valence-electron chi connectivity index (χ1n) is 9.31. The number of rotatable bonds is 5. The maximum atomic E-state index is 8.97. The molecule has 0 radical (unpaired) electrons. The number of benzene rings is 4. The molecule has 4 rings (SSSR count). The minimum absolute atomic E-state index is 0.580. The summed E-state index contributed by atoms with van der Waals surface area (Å²) in [5.41, 5.74) is 2.92. The van der Waals surface area contributed by atoms with Gasteiger partial charge < -0.3 is 9.47 Å². The number of ether oxygens (including phenoxy) is 2. The molecule has 0 unspecified atom stereocenters. The summed E-state index contributed by atoms with van der Waals surface area (Å²) in [4.78, 5) is 0. The minimum Gasteiger partial charge on any atom is -0.457 e. The van der Waals surface area contributed by atoms with Gasteiger partial charge in [0.25, 0.3) is 0 Å². The Balaban J connectivity index is 1.67. The van der Waals surface area contributed by atoms with Crippen LogP contribution in [0, 0.1) is 22.7 Å². The third-order valence-electron chi connectivity index (χ3n) is 4.49. The molecule has 142 valence electrons. The van der Waals surface area contributed by atoms with E-state index in [2.05, 4.69) is 12.1 Å². The number of hydrogen-bond acceptors (Lipinski definition) is 4. The zero-order valence-corrected chi connectivity index (χ0v) is 15.9. The van der Waals surface area contributed by atoms with Crippen LogP contribution in [-0.4, -0.2) is 0 Å². The summed E-state index contributed by atoms with van der Waals surface area (Å²) in [6.07, 6.45) is 0. The Labute approximate surface area is 174 Å². The van der Waals surface area contributed by atoms with E-state index in [1.54, 1.807) is 48.5 Å². The molecule has 0 bridgehead atoms. The van der Waals surface area contributed by atoms with Crippen LogP contribution in [0.15, 0.2) is 97.1 Å². The first kappa shape index (κ1) is 18.8. The third kappa shape index (κ3) is 4.14. The SMILES string of the molecule is N#Cc1ccc(Oc2ccccc2-c2ccccc2Oc2ccc(C#N)cc2)cc1. The molecule has 0 heterocycles. The van der Waals surface area contributed by atoms with Gasteiger partial charge in [-0.3, -0.25) is 0 Å². The topological polar surface area (TPSA) is 66.0 Å². The second-order valence-electron chi connectivity index (χ2n) is 6.47. The summed E-state index contributed by atoms with van der Waals surface area (Å²) in [5.74, 6) is 2.65. The number of nitriles is 2. The smallest absolute Gasteiger partial charge is 0.135 e. The van der Waals surface area contributed by atoms with Gasteiger partial charge in [-0.2, -0.15) is 10.5 Å². The zero-order valence-electron chi connectivity index (χ0n) is 15.9. The van der Waals surface area contributed by atoms with Crippen LogP contribution in [0.5, 0.6) is 23.0 Å². The number of hydrogen-bond donors (Lipinski definition) is 0. The van der Waals surface area contributed by atoms with Crippen molar-refractivity contribution in [2.24, 2.45) is 0 Å². The van der Waals surface area contributed by atoms with Gasteiger partial charge in [0.05, 0.1) is 23.3 Å². The van der Waals surface area contributed by atoms with Crippen molar-refractivity contribution in [3.05, 3.63) is 108 Å². The molecular weight excluding hydrogens is 372 g/mol. The molecule has 0 aliphatic carbocycles. The van der Waals surface area contributed by atoms with Crippen LogP contribution < -0.4 is 9.47 Å². The Kier molecular flexibility index (Phi) is 5.42. The monoisotopic (exact) mass is 388 g/mol. The quantitative estimate of drug-likeness (QED) is 0.382. The van der Waals surface area contributed by atoms with Crippen molar-refractivity contribution in [3.8, 4) is 46.3 Å². The molecule has 4 aromatic rings. The van der Waals surface area contributed by atoms with Gasteiger partial charge in [-0.1, -0.05) is 36.4 Å². The molecule has 4 heteroatoms. The van der Waals surface area contributed by atoms with E-state index >= 15 is 0 Å². The molecule has 0 aliphatic rings. The summed E-state index contributed by atoms with van der Waals surface area (Å²) in [5, 5.41) is 17.9. The fourth-order valence-electron chi connectivity index (χ4n) is 3.01. The van der Waals surface area contributed by atoms with E-state index in [0.29, 0.717) is 34.1 Å². The minimum atomic E-state index is 0.580.